The molecule has 1 heterocycles. The molecule has 1 amide bonds. The molecule has 142 valence electrons. The van der Waals surface area contributed by atoms with Crippen LogP contribution in [0.1, 0.15) is 15.9 Å². The van der Waals surface area contributed by atoms with Crippen molar-refractivity contribution < 1.29 is 18.7 Å². The van der Waals surface area contributed by atoms with E-state index < -0.39 is 18.4 Å². The number of rotatable bonds is 5. The lowest BCUT2D eigenvalue weighted by molar-refractivity contribution is -0.136. The van der Waals surface area contributed by atoms with Gasteiger partial charge in [-0.2, -0.15) is 0 Å². The molecule has 0 unspecified atom stereocenters. The van der Waals surface area contributed by atoms with E-state index >= 15 is 0 Å². The molecule has 1 fully saturated rings. The minimum Gasteiger partial charge on any atom is -0.452 e. The van der Waals surface area contributed by atoms with Crippen molar-refractivity contribution in [3.8, 4) is 0 Å². The van der Waals surface area contributed by atoms with Gasteiger partial charge in [0.2, 0.25) is 0 Å². The Kier molecular flexibility index (Phi) is 6.42. The second kappa shape index (κ2) is 8.97. The molecule has 0 saturated carbocycles. The molecule has 2 aromatic carbocycles. The van der Waals surface area contributed by atoms with Crippen LogP contribution in [0.15, 0.2) is 48.5 Å². The van der Waals surface area contributed by atoms with Gasteiger partial charge in [0.1, 0.15) is 11.4 Å². The van der Waals surface area contributed by atoms with Gasteiger partial charge in [0, 0.05) is 32.7 Å². The summed E-state index contributed by atoms with van der Waals surface area (Å²) >= 11 is 5.83. The van der Waals surface area contributed by atoms with Gasteiger partial charge in [-0.15, -0.1) is 0 Å². The number of hydrogen-bond donors (Lipinski definition) is 0. The van der Waals surface area contributed by atoms with Gasteiger partial charge in [0.25, 0.3) is 5.91 Å². The number of benzene rings is 2. The summed E-state index contributed by atoms with van der Waals surface area (Å²) in [6.07, 6.45) is 0. The van der Waals surface area contributed by atoms with E-state index in [0.717, 1.165) is 25.7 Å². The Morgan fingerprint density at radius 3 is 2.37 bits per heavy atom. The van der Waals surface area contributed by atoms with Crippen molar-refractivity contribution in [2.45, 2.75) is 6.54 Å². The number of hydrogen-bond acceptors (Lipinski definition) is 4. The van der Waals surface area contributed by atoms with Crippen LogP contribution in [0.2, 0.25) is 5.02 Å². The van der Waals surface area contributed by atoms with E-state index in [1.54, 1.807) is 4.90 Å². The summed E-state index contributed by atoms with van der Waals surface area (Å²) in [4.78, 5) is 28.2. The van der Waals surface area contributed by atoms with Gasteiger partial charge >= 0.3 is 5.97 Å². The first-order valence-corrected chi connectivity index (χ1v) is 9.07. The molecule has 0 aliphatic carbocycles. The number of nitrogens with zero attached hydrogens (tertiary/aromatic N) is 2. The number of carbonyl (C=O) groups is 2. The summed E-state index contributed by atoms with van der Waals surface area (Å²) in [6, 6.07) is 14.1. The molecule has 0 aromatic heterocycles. The zero-order valence-electron chi connectivity index (χ0n) is 14.7. The van der Waals surface area contributed by atoms with Crippen molar-refractivity contribution in [2.24, 2.45) is 0 Å². The van der Waals surface area contributed by atoms with Crippen LogP contribution >= 0.6 is 11.6 Å². The normalized spacial score (nSPS) is 14.8. The minimum atomic E-state index is -0.936. The Balaban J connectivity index is 1.46. The number of amides is 1. The SMILES string of the molecule is O=C(OCC(=O)N1CCN(Cc2ccccc2)CC1)c1c(F)cccc1Cl. The Hall–Kier alpha value is -2.44. The van der Waals surface area contributed by atoms with Crippen LogP contribution in [0.4, 0.5) is 4.39 Å². The van der Waals surface area contributed by atoms with E-state index in [0.29, 0.717) is 13.1 Å². The van der Waals surface area contributed by atoms with Crippen LogP contribution < -0.4 is 0 Å². The Bertz CT molecular complexity index is 788. The fraction of sp³-hybridized carbons (Fsp3) is 0.300. The zero-order valence-corrected chi connectivity index (χ0v) is 15.5. The average molecular weight is 391 g/mol. The smallest absolute Gasteiger partial charge is 0.343 e. The lowest BCUT2D eigenvalue weighted by atomic mass is 10.2. The van der Waals surface area contributed by atoms with Crippen molar-refractivity contribution in [3.63, 3.8) is 0 Å². The zero-order chi connectivity index (χ0) is 19.2. The quantitative estimate of drug-likeness (QED) is 0.736. The van der Waals surface area contributed by atoms with Crippen LogP contribution in [-0.4, -0.2) is 54.5 Å². The predicted molar refractivity (Wildman–Crippen MR) is 100.0 cm³/mol. The van der Waals surface area contributed by atoms with Gasteiger partial charge in [0.15, 0.2) is 6.61 Å². The summed E-state index contributed by atoms with van der Waals surface area (Å²) in [5.74, 6) is -2.00. The summed E-state index contributed by atoms with van der Waals surface area (Å²) in [5.41, 5.74) is 0.882. The molecule has 3 rings (SSSR count). The molecule has 2 aromatic rings. The molecule has 5 nitrogen and oxygen atoms in total. The van der Waals surface area contributed by atoms with Gasteiger partial charge in [-0.3, -0.25) is 9.69 Å². The maximum Gasteiger partial charge on any atom is 0.343 e. The molecular weight excluding hydrogens is 371 g/mol. The highest BCUT2D eigenvalue weighted by Gasteiger charge is 2.23. The van der Waals surface area contributed by atoms with Crippen LogP contribution in [0.5, 0.6) is 0 Å². The van der Waals surface area contributed by atoms with Crippen molar-refractivity contribution in [1.29, 1.82) is 0 Å². The molecule has 0 spiro atoms. The molecule has 0 atom stereocenters. The van der Waals surface area contributed by atoms with E-state index in [2.05, 4.69) is 17.0 Å². The van der Waals surface area contributed by atoms with Gasteiger partial charge in [-0.25, -0.2) is 9.18 Å². The number of piperazine rings is 1. The lowest BCUT2D eigenvalue weighted by Gasteiger charge is -2.34. The summed E-state index contributed by atoms with van der Waals surface area (Å²) in [6.45, 7) is 3.01. The van der Waals surface area contributed by atoms with Crippen LogP contribution in [-0.2, 0) is 16.1 Å². The van der Waals surface area contributed by atoms with Gasteiger partial charge in [0.05, 0.1) is 5.02 Å². The average Bonchev–Trinajstić information content (AvgIpc) is 2.67. The second-order valence-electron chi connectivity index (χ2n) is 6.32. The maximum absolute atomic E-state index is 13.7. The van der Waals surface area contributed by atoms with Crippen LogP contribution in [0, 0.1) is 5.82 Å². The second-order valence-corrected chi connectivity index (χ2v) is 6.72. The van der Waals surface area contributed by atoms with Gasteiger partial charge in [-0.1, -0.05) is 48.0 Å². The van der Waals surface area contributed by atoms with Gasteiger partial charge in [-0.05, 0) is 17.7 Å². The van der Waals surface area contributed by atoms with Crippen LogP contribution in [0.25, 0.3) is 0 Å². The Morgan fingerprint density at radius 2 is 1.70 bits per heavy atom. The highest BCUT2D eigenvalue weighted by atomic mass is 35.5. The molecule has 0 radical (unpaired) electrons. The number of halogens is 2. The molecule has 0 N–H and O–H groups in total. The van der Waals surface area contributed by atoms with Crippen molar-refractivity contribution in [1.82, 2.24) is 9.80 Å². The summed E-state index contributed by atoms with van der Waals surface area (Å²) in [7, 11) is 0. The molecule has 27 heavy (non-hydrogen) atoms. The first-order chi connectivity index (χ1) is 13.0. The fourth-order valence-corrected chi connectivity index (χ4v) is 3.22. The van der Waals surface area contributed by atoms with Crippen LogP contribution in [0.3, 0.4) is 0 Å². The third-order valence-electron chi connectivity index (χ3n) is 4.47. The monoisotopic (exact) mass is 390 g/mol. The van der Waals surface area contributed by atoms with Crippen molar-refractivity contribution >= 4 is 23.5 Å². The third kappa shape index (κ3) is 5.05. The molecule has 0 bridgehead atoms. The standard InChI is InChI=1S/C20H20ClFN2O3/c21-16-7-4-8-17(22)19(16)20(26)27-14-18(25)24-11-9-23(10-12-24)13-15-5-2-1-3-6-15/h1-8H,9-14H2. The molecule has 7 heteroatoms. The van der Waals surface area contributed by atoms with E-state index in [4.69, 9.17) is 16.3 Å². The Morgan fingerprint density at radius 1 is 1.00 bits per heavy atom. The summed E-state index contributed by atoms with van der Waals surface area (Å²) < 4.78 is 18.7. The molecular formula is C20H20ClFN2O3. The fourth-order valence-electron chi connectivity index (χ4n) is 2.98. The number of esters is 1. The minimum absolute atomic E-state index is 0.0398. The largest absolute Gasteiger partial charge is 0.452 e. The summed E-state index contributed by atoms with van der Waals surface area (Å²) in [5, 5.41) is -0.0398. The third-order valence-corrected chi connectivity index (χ3v) is 4.78. The number of ether oxygens (including phenoxy) is 1. The Labute approximate surface area is 162 Å². The first kappa shape index (κ1) is 19.3. The van der Waals surface area contributed by atoms with E-state index in [9.17, 15) is 14.0 Å². The topological polar surface area (TPSA) is 49.9 Å². The molecule has 1 aliphatic rings. The highest BCUT2D eigenvalue weighted by Crippen LogP contribution is 2.20. The first-order valence-electron chi connectivity index (χ1n) is 8.70. The van der Waals surface area contributed by atoms with E-state index in [1.165, 1.54) is 17.7 Å². The van der Waals surface area contributed by atoms with Gasteiger partial charge < -0.3 is 9.64 Å². The predicted octanol–water partition coefficient (Wildman–Crippen LogP) is 2.98. The molecule has 1 aliphatic heterocycles. The lowest BCUT2D eigenvalue weighted by Crippen LogP contribution is -2.49. The van der Waals surface area contributed by atoms with E-state index in [1.807, 2.05) is 18.2 Å². The maximum atomic E-state index is 13.7. The highest BCUT2D eigenvalue weighted by molar-refractivity contribution is 6.33. The van der Waals surface area contributed by atoms with E-state index in [-0.39, 0.29) is 16.5 Å². The molecule has 1 saturated heterocycles. The van der Waals surface area contributed by atoms with Crippen molar-refractivity contribution in [3.05, 3.63) is 70.5 Å². The van der Waals surface area contributed by atoms with Crippen molar-refractivity contribution in [2.75, 3.05) is 32.8 Å². The number of carbonyl (C=O) groups excluding carboxylic acids is 2.